The fourth-order valence-electron chi connectivity index (χ4n) is 2.12. The lowest BCUT2D eigenvalue weighted by molar-refractivity contribution is 0.305. The van der Waals surface area contributed by atoms with E-state index >= 15 is 0 Å². The summed E-state index contributed by atoms with van der Waals surface area (Å²) in [7, 11) is -3.19. The molecule has 1 unspecified atom stereocenters. The minimum absolute atomic E-state index is 0.0325. The molecule has 1 aromatic rings. The van der Waals surface area contributed by atoms with Crippen LogP contribution in [0.25, 0.3) is 0 Å². The molecular formula is C14H17NO3S. The van der Waals surface area contributed by atoms with E-state index in [1.807, 2.05) is 13.0 Å². The normalized spacial score (nSPS) is 20.9. The maximum absolute atomic E-state index is 12.0. The van der Waals surface area contributed by atoms with Crippen molar-refractivity contribution in [3.8, 4) is 11.8 Å². The van der Waals surface area contributed by atoms with Gasteiger partial charge in [0.15, 0.2) is 0 Å². The van der Waals surface area contributed by atoms with Crippen LogP contribution < -0.4 is 4.31 Å². The second kappa shape index (κ2) is 5.64. The first-order valence-corrected chi connectivity index (χ1v) is 7.84. The van der Waals surface area contributed by atoms with Gasteiger partial charge in [-0.05, 0) is 24.1 Å². The van der Waals surface area contributed by atoms with Crippen LogP contribution in [0, 0.1) is 17.8 Å². The lowest BCUT2D eigenvalue weighted by atomic mass is 10.2. The highest BCUT2D eigenvalue weighted by molar-refractivity contribution is 7.93. The van der Waals surface area contributed by atoms with Crippen LogP contribution in [0.2, 0.25) is 0 Å². The van der Waals surface area contributed by atoms with Gasteiger partial charge in [0, 0.05) is 18.5 Å². The molecule has 1 saturated heterocycles. The zero-order valence-corrected chi connectivity index (χ0v) is 11.7. The van der Waals surface area contributed by atoms with E-state index in [0.717, 1.165) is 5.56 Å². The van der Waals surface area contributed by atoms with Gasteiger partial charge in [0.2, 0.25) is 10.0 Å². The summed E-state index contributed by atoms with van der Waals surface area (Å²) in [5.74, 6) is 6.10. The van der Waals surface area contributed by atoms with Crippen molar-refractivity contribution < 1.29 is 13.5 Å². The molecule has 0 bridgehead atoms. The zero-order chi connectivity index (χ0) is 13.9. The maximum Gasteiger partial charge on any atom is 0.235 e. The van der Waals surface area contributed by atoms with Crippen molar-refractivity contribution in [3.05, 3.63) is 29.8 Å². The topological polar surface area (TPSA) is 57.6 Å². The number of hydrogen-bond acceptors (Lipinski definition) is 3. The Morgan fingerprint density at radius 1 is 1.47 bits per heavy atom. The fraction of sp³-hybridized carbons (Fsp3) is 0.429. The molecule has 1 N–H and O–H groups in total. The summed E-state index contributed by atoms with van der Waals surface area (Å²) in [4.78, 5) is 0. The molecule has 0 saturated carbocycles. The van der Waals surface area contributed by atoms with Gasteiger partial charge in [-0.25, -0.2) is 8.42 Å². The Labute approximate surface area is 114 Å². The average molecular weight is 279 g/mol. The Kier molecular flexibility index (Phi) is 4.13. The van der Waals surface area contributed by atoms with Crippen molar-refractivity contribution in [2.75, 3.05) is 23.2 Å². The summed E-state index contributed by atoms with van der Waals surface area (Å²) >= 11 is 0. The smallest absolute Gasteiger partial charge is 0.235 e. The van der Waals surface area contributed by atoms with Crippen LogP contribution in [0.3, 0.4) is 0 Å². The lowest BCUT2D eigenvalue weighted by Gasteiger charge is -2.17. The van der Waals surface area contributed by atoms with E-state index in [4.69, 9.17) is 5.11 Å². The number of anilines is 1. The second-order valence-corrected chi connectivity index (χ2v) is 6.68. The summed E-state index contributed by atoms with van der Waals surface area (Å²) in [6, 6.07) is 7.20. The SMILES string of the molecule is CC1CN(c2cccc(C#CCCO)c2)S(=O)(=O)C1. The van der Waals surface area contributed by atoms with Gasteiger partial charge < -0.3 is 5.11 Å². The largest absolute Gasteiger partial charge is 0.395 e. The number of aliphatic hydroxyl groups is 1. The Morgan fingerprint density at radius 2 is 2.26 bits per heavy atom. The molecule has 102 valence electrons. The van der Waals surface area contributed by atoms with E-state index in [2.05, 4.69) is 11.8 Å². The van der Waals surface area contributed by atoms with Crippen molar-refractivity contribution in [1.29, 1.82) is 0 Å². The van der Waals surface area contributed by atoms with Gasteiger partial charge in [0.25, 0.3) is 0 Å². The van der Waals surface area contributed by atoms with Crippen molar-refractivity contribution in [2.45, 2.75) is 13.3 Å². The highest BCUT2D eigenvalue weighted by Gasteiger charge is 2.33. The van der Waals surface area contributed by atoms with Gasteiger partial charge >= 0.3 is 0 Å². The van der Waals surface area contributed by atoms with Crippen LogP contribution in [-0.2, 0) is 10.0 Å². The monoisotopic (exact) mass is 279 g/mol. The van der Waals surface area contributed by atoms with E-state index in [-0.39, 0.29) is 18.3 Å². The number of rotatable bonds is 2. The molecule has 2 rings (SSSR count). The molecule has 4 nitrogen and oxygen atoms in total. The number of hydrogen-bond donors (Lipinski definition) is 1. The molecule has 0 amide bonds. The van der Waals surface area contributed by atoms with Gasteiger partial charge in [-0.1, -0.05) is 24.8 Å². The molecule has 1 aromatic carbocycles. The molecule has 1 heterocycles. The van der Waals surface area contributed by atoms with E-state index in [0.29, 0.717) is 18.7 Å². The first-order valence-electron chi connectivity index (χ1n) is 6.23. The summed E-state index contributed by atoms with van der Waals surface area (Å²) in [5.41, 5.74) is 1.43. The van der Waals surface area contributed by atoms with Gasteiger partial charge in [-0.3, -0.25) is 4.31 Å². The average Bonchev–Trinajstić information content (AvgIpc) is 2.63. The van der Waals surface area contributed by atoms with E-state index in [1.165, 1.54) is 4.31 Å². The van der Waals surface area contributed by atoms with Crippen LogP contribution in [-0.4, -0.2) is 32.4 Å². The molecular weight excluding hydrogens is 262 g/mol. The molecule has 1 atom stereocenters. The molecule has 1 aliphatic rings. The third-order valence-electron chi connectivity index (χ3n) is 2.91. The Bertz CT molecular complexity index is 613. The maximum atomic E-state index is 12.0. The number of nitrogens with zero attached hydrogens (tertiary/aromatic N) is 1. The van der Waals surface area contributed by atoms with Gasteiger partial charge in [0.1, 0.15) is 0 Å². The van der Waals surface area contributed by atoms with Gasteiger partial charge in [-0.15, -0.1) is 0 Å². The molecule has 19 heavy (non-hydrogen) atoms. The van der Waals surface area contributed by atoms with Crippen LogP contribution in [0.5, 0.6) is 0 Å². The summed E-state index contributed by atoms with van der Waals surface area (Å²) in [6.45, 7) is 2.49. The van der Waals surface area contributed by atoms with Crippen molar-refractivity contribution in [3.63, 3.8) is 0 Å². The first kappa shape index (κ1) is 13.9. The zero-order valence-electron chi connectivity index (χ0n) is 10.8. The Balaban J connectivity index is 2.27. The summed E-state index contributed by atoms with van der Waals surface area (Å²) < 4.78 is 25.5. The Hall–Kier alpha value is -1.51. The van der Waals surface area contributed by atoms with Crippen LogP contribution in [0.1, 0.15) is 18.9 Å². The Morgan fingerprint density at radius 3 is 2.89 bits per heavy atom. The fourth-order valence-corrected chi connectivity index (χ4v) is 4.04. The molecule has 0 aromatic heterocycles. The van der Waals surface area contributed by atoms with Crippen LogP contribution in [0.15, 0.2) is 24.3 Å². The van der Waals surface area contributed by atoms with Crippen molar-refractivity contribution in [2.24, 2.45) is 5.92 Å². The number of sulfonamides is 1. The third-order valence-corrected chi connectivity index (χ3v) is 4.93. The summed E-state index contributed by atoms with van der Waals surface area (Å²) in [5, 5.41) is 8.68. The highest BCUT2D eigenvalue weighted by atomic mass is 32.2. The molecule has 5 heteroatoms. The van der Waals surface area contributed by atoms with E-state index < -0.39 is 10.0 Å². The predicted octanol–water partition coefficient (Wildman–Crippen LogP) is 1.21. The van der Waals surface area contributed by atoms with Crippen LogP contribution >= 0.6 is 0 Å². The van der Waals surface area contributed by atoms with Crippen molar-refractivity contribution in [1.82, 2.24) is 0 Å². The highest BCUT2D eigenvalue weighted by Crippen LogP contribution is 2.27. The van der Waals surface area contributed by atoms with E-state index in [9.17, 15) is 8.42 Å². The number of aliphatic hydroxyl groups excluding tert-OH is 1. The molecule has 0 radical (unpaired) electrons. The minimum Gasteiger partial charge on any atom is -0.395 e. The quantitative estimate of drug-likeness (QED) is 0.828. The second-order valence-electron chi connectivity index (χ2n) is 4.74. The summed E-state index contributed by atoms with van der Waals surface area (Å²) in [6.07, 6.45) is 0.420. The molecule has 1 fully saturated rings. The predicted molar refractivity (Wildman–Crippen MR) is 75.3 cm³/mol. The number of benzene rings is 1. The minimum atomic E-state index is -3.19. The first-order chi connectivity index (χ1) is 9.03. The molecule has 0 aliphatic carbocycles. The van der Waals surface area contributed by atoms with Gasteiger partial charge in [-0.2, -0.15) is 0 Å². The molecule has 0 spiro atoms. The third kappa shape index (κ3) is 3.28. The van der Waals surface area contributed by atoms with Crippen LogP contribution in [0.4, 0.5) is 5.69 Å². The lowest BCUT2D eigenvalue weighted by Crippen LogP contribution is -2.25. The molecule has 1 aliphatic heterocycles. The van der Waals surface area contributed by atoms with Gasteiger partial charge in [0.05, 0.1) is 18.0 Å². The standard InChI is InChI=1S/C14H17NO3S/c1-12-10-15(19(17,18)11-12)14-7-4-6-13(9-14)5-2-3-8-16/h4,6-7,9,12,16H,3,8,10-11H2,1H3. The van der Waals surface area contributed by atoms with Crippen molar-refractivity contribution >= 4 is 15.7 Å². The van der Waals surface area contributed by atoms with E-state index in [1.54, 1.807) is 18.2 Å².